The van der Waals surface area contributed by atoms with Crippen molar-refractivity contribution in [1.82, 2.24) is 10.2 Å². The molecule has 2 aromatic carbocycles. The van der Waals surface area contributed by atoms with Crippen LogP contribution in [0, 0.1) is 12.8 Å². The predicted molar refractivity (Wildman–Crippen MR) is 134 cm³/mol. The van der Waals surface area contributed by atoms with Crippen LogP contribution in [0.3, 0.4) is 0 Å². The zero-order valence-electron chi connectivity index (χ0n) is 20.5. The van der Waals surface area contributed by atoms with Gasteiger partial charge in [-0.3, -0.25) is 9.59 Å². The fourth-order valence-corrected chi connectivity index (χ4v) is 4.62. The number of nitrogens with zero attached hydrogens (tertiary/aromatic N) is 1. The van der Waals surface area contributed by atoms with Crippen LogP contribution in [0.2, 0.25) is 0 Å². The number of hydrogen-bond acceptors (Lipinski definition) is 4. The lowest BCUT2D eigenvalue weighted by Gasteiger charge is -2.34. The molecule has 2 aromatic rings. The third-order valence-corrected chi connectivity index (χ3v) is 6.78. The smallest absolute Gasteiger partial charge is 0.247 e. The van der Waals surface area contributed by atoms with Gasteiger partial charge in [-0.15, -0.1) is 11.6 Å². The number of benzene rings is 2. The van der Waals surface area contributed by atoms with Gasteiger partial charge in [-0.25, -0.2) is 0 Å². The van der Waals surface area contributed by atoms with Crippen LogP contribution in [0.25, 0.3) is 0 Å². The van der Waals surface area contributed by atoms with Gasteiger partial charge < -0.3 is 19.7 Å². The van der Waals surface area contributed by atoms with Gasteiger partial charge in [0.1, 0.15) is 11.9 Å². The number of nitrogens with one attached hydrogen (secondary N) is 1. The molecular formula is C27H35ClN2O4. The van der Waals surface area contributed by atoms with E-state index in [1.165, 1.54) is 0 Å². The summed E-state index contributed by atoms with van der Waals surface area (Å²) >= 11 is 6.02. The summed E-state index contributed by atoms with van der Waals surface area (Å²) in [6, 6.07) is 12.5. The second-order valence-electron chi connectivity index (χ2n) is 9.12. The van der Waals surface area contributed by atoms with E-state index in [2.05, 4.69) is 12.2 Å². The highest BCUT2D eigenvalue weighted by atomic mass is 35.5. The molecule has 0 aromatic heterocycles. The zero-order valence-corrected chi connectivity index (χ0v) is 21.2. The fourth-order valence-electron chi connectivity index (χ4n) is 4.47. The highest BCUT2D eigenvalue weighted by molar-refractivity contribution is 6.27. The van der Waals surface area contributed by atoms with Crippen molar-refractivity contribution in [1.29, 1.82) is 0 Å². The van der Waals surface area contributed by atoms with E-state index < -0.39 is 6.04 Å². The molecule has 1 aliphatic rings. The summed E-state index contributed by atoms with van der Waals surface area (Å²) in [6.07, 6.45) is 4.04. The van der Waals surface area contributed by atoms with Crippen LogP contribution in [0.4, 0.5) is 0 Å². The number of aryl methyl sites for hydroxylation is 1. The van der Waals surface area contributed by atoms with Crippen molar-refractivity contribution in [2.45, 2.75) is 58.2 Å². The Bertz CT molecular complexity index is 971. The van der Waals surface area contributed by atoms with E-state index in [-0.39, 0.29) is 30.3 Å². The minimum absolute atomic E-state index is 0.0960. The third-order valence-electron chi connectivity index (χ3n) is 6.55. The number of ether oxygens (including phenoxy) is 2. The van der Waals surface area contributed by atoms with Crippen molar-refractivity contribution in [2.75, 3.05) is 20.1 Å². The van der Waals surface area contributed by atoms with E-state index in [1.807, 2.05) is 31.2 Å². The van der Waals surface area contributed by atoms with Gasteiger partial charge in [-0.1, -0.05) is 42.8 Å². The average Bonchev–Trinajstić information content (AvgIpc) is 2.85. The number of methoxy groups -OCH3 is 2. The summed E-state index contributed by atoms with van der Waals surface area (Å²) in [5.74, 6) is 0.986. The predicted octanol–water partition coefficient (Wildman–Crippen LogP) is 5.02. The van der Waals surface area contributed by atoms with E-state index in [4.69, 9.17) is 21.1 Å². The maximum atomic E-state index is 13.7. The van der Waals surface area contributed by atoms with Crippen molar-refractivity contribution in [3.8, 4) is 11.5 Å². The molecule has 1 fully saturated rings. The monoisotopic (exact) mass is 486 g/mol. The van der Waals surface area contributed by atoms with Gasteiger partial charge in [0.05, 0.1) is 14.2 Å². The number of amides is 2. The molecule has 1 N–H and O–H groups in total. The highest BCUT2D eigenvalue weighted by Gasteiger charge is 2.33. The molecule has 0 bridgehead atoms. The van der Waals surface area contributed by atoms with E-state index >= 15 is 0 Å². The first-order valence-electron chi connectivity index (χ1n) is 11.8. The summed E-state index contributed by atoms with van der Waals surface area (Å²) < 4.78 is 10.9. The topological polar surface area (TPSA) is 67.9 Å². The number of carbonyl (C=O) groups excluding carboxylic acids is 2. The maximum absolute atomic E-state index is 13.7. The molecular weight excluding hydrogens is 452 g/mol. The SMILES string of the molecule is COc1ccc([C@H](C(=O)NC2CCC(C)CC2)N(Cc2ccc(C)cc2)C(=O)CCl)cc1OC. The van der Waals surface area contributed by atoms with E-state index in [1.54, 1.807) is 37.3 Å². The van der Waals surface area contributed by atoms with E-state index in [0.29, 0.717) is 23.0 Å². The Hall–Kier alpha value is -2.73. The van der Waals surface area contributed by atoms with Crippen molar-refractivity contribution in [3.63, 3.8) is 0 Å². The molecule has 7 heteroatoms. The molecule has 34 heavy (non-hydrogen) atoms. The Labute approximate surface area is 207 Å². The second kappa shape index (κ2) is 12.1. The quantitative estimate of drug-likeness (QED) is 0.505. The van der Waals surface area contributed by atoms with Gasteiger partial charge in [0, 0.05) is 12.6 Å². The molecule has 0 radical (unpaired) electrons. The maximum Gasteiger partial charge on any atom is 0.247 e. The minimum atomic E-state index is -0.855. The van der Waals surface area contributed by atoms with Gasteiger partial charge >= 0.3 is 0 Å². The minimum Gasteiger partial charge on any atom is -0.493 e. The summed E-state index contributed by atoms with van der Waals surface area (Å²) in [6.45, 7) is 4.52. The summed E-state index contributed by atoms with van der Waals surface area (Å²) in [5.41, 5.74) is 2.69. The van der Waals surface area contributed by atoms with Crippen LogP contribution in [-0.2, 0) is 16.1 Å². The van der Waals surface area contributed by atoms with E-state index in [0.717, 1.165) is 36.8 Å². The number of alkyl halides is 1. The number of halogens is 1. The molecule has 1 aliphatic carbocycles. The molecule has 2 amide bonds. The molecule has 0 spiro atoms. The van der Waals surface area contributed by atoms with Crippen LogP contribution in [0.15, 0.2) is 42.5 Å². The standard InChI is InChI=1S/C27H35ClN2O4/c1-18-5-9-20(10-6-18)17-30(25(31)16-28)26(21-11-14-23(33-3)24(15-21)34-4)27(32)29-22-12-7-19(2)8-13-22/h5-6,9-11,14-15,19,22,26H,7-8,12-13,16-17H2,1-4H3,(H,29,32)/t19?,22?,26-/m1/s1. The lowest BCUT2D eigenvalue weighted by Crippen LogP contribution is -2.47. The highest BCUT2D eigenvalue weighted by Crippen LogP contribution is 2.34. The Morgan fingerprint density at radius 1 is 1.03 bits per heavy atom. The third kappa shape index (κ3) is 6.44. The number of carbonyl (C=O) groups is 2. The van der Waals surface area contributed by atoms with Crippen molar-refractivity contribution in [2.24, 2.45) is 5.92 Å². The van der Waals surface area contributed by atoms with Crippen molar-refractivity contribution in [3.05, 3.63) is 59.2 Å². The molecule has 0 saturated heterocycles. The summed E-state index contributed by atoms with van der Waals surface area (Å²) in [5, 5.41) is 3.21. The Morgan fingerprint density at radius 2 is 1.68 bits per heavy atom. The van der Waals surface area contributed by atoms with Crippen LogP contribution in [0.5, 0.6) is 11.5 Å². The molecule has 1 saturated carbocycles. The molecule has 0 aliphatic heterocycles. The van der Waals surface area contributed by atoms with Crippen LogP contribution in [0.1, 0.15) is 55.3 Å². The summed E-state index contributed by atoms with van der Waals surface area (Å²) in [7, 11) is 3.11. The Morgan fingerprint density at radius 3 is 2.26 bits per heavy atom. The first-order valence-corrected chi connectivity index (χ1v) is 12.3. The van der Waals surface area contributed by atoms with Gasteiger partial charge in [0.25, 0.3) is 0 Å². The van der Waals surface area contributed by atoms with Crippen molar-refractivity contribution >= 4 is 23.4 Å². The number of rotatable bonds is 9. The Balaban J connectivity index is 1.99. The molecule has 184 valence electrons. The van der Waals surface area contributed by atoms with E-state index in [9.17, 15) is 9.59 Å². The molecule has 3 rings (SSSR count). The van der Waals surface area contributed by atoms with Crippen LogP contribution < -0.4 is 14.8 Å². The molecule has 1 atom stereocenters. The number of hydrogen-bond donors (Lipinski definition) is 1. The first-order chi connectivity index (χ1) is 16.4. The lowest BCUT2D eigenvalue weighted by molar-refractivity contribution is -0.140. The van der Waals surface area contributed by atoms with Crippen molar-refractivity contribution < 1.29 is 19.1 Å². The lowest BCUT2D eigenvalue weighted by atomic mass is 9.87. The van der Waals surface area contributed by atoms with Gasteiger partial charge in [0.15, 0.2) is 11.5 Å². The Kier molecular flexibility index (Phi) is 9.22. The second-order valence-corrected chi connectivity index (χ2v) is 9.39. The molecule has 6 nitrogen and oxygen atoms in total. The van der Waals surface area contributed by atoms with Gasteiger partial charge in [0.2, 0.25) is 11.8 Å². The van der Waals surface area contributed by atoms with Crippen LogP contribution in [-0.4, -0.2) is 42.9 Å². The molecule has 0 unspecified atom stereocenters. The first kappa shape index (κ1) is 25.9. The van der Waals surface area contributed by atoms with Gasteiger partial charge in [-0.05, 0) is 61.8 Å². The van der Waals surface area contributed by atoms with Crippen LogP contribution >= 0.6 is 11.6 Å². The largest absolute Gasteiger partial charge is 0.493 e. The summed E-state index contributed by atoms with van der Waals surface area (Å²) in [4.78, 5) is 28.4. The zero-order chi connectivity index (χ0) is 24.7. The normalized spacial score (nSPS) is 18.6. The molecule has 0 heterocycles. The fraction of sp³-hybridized carbons (Fsp3) is 0.481. The average molecular weight is 487 g/mol. The van der Waals surface area contributed by atoms with Gasteiger partial charge in [-0.2, -0.15) is 0 Å².